The first-order valence-electron chi connectivity index (χ1n) is 4.39. The van der Waals surface area contributed by atoms with E-state index in [0.29, 0.717) is 0 Å². The molecule has 0 unspecified atom stereocenters. The molecule has 1 heterocycles. The standard InChI is InChI=1S/C11H12NOS/c1-12-7-8-14-11(12)9-3-5-10(13-2)6-4-9/h3-8H,1-2H3/q+1. The summed E-state index contributed by atoms with van der Waals surface area (Å²) in [7, 11) is 3.73. The summed E-state index contributed by atoms with van der Waals surface area (Å²) in [4.78, 5) is 0. The Kier molecular flexibility index (Phi) is 2.50. The molecule has 0 aliphatic heterocycles. The van der Waals surface area contributed by atoms with Crippen LogP contribution in [0.1, 0.15) is 0 Å². The zero-order valence-electron chi connectivity index (χ0n) is 8.23. The molecule has 0 atom stereocenters. The minimum Gasteiger partial charge on any atom is -0.497 e. The Morgan fingerprint density at radius 2 is 1.93 bits per heavy atom. The molecule has 0 bridgehead atoms. The molecule has 0 N–H and O–H groups in total. The molecule has 3 heteroatoms. The SMILES string of the molecule is COc1ccc(-c2scc[n+]2C)cc1. The van der Waals surface area contributed by atoms with Crippen LogP contribution in [-0.4, -0.2) is 7.11 Å². The highest BCUT2D eigenvalue weighted by Crippen LogP contribution is 2.22. The summed E-state index contributed by atoms with van der Waals surface area (Å²) in [5.74, 6) is 0.896. The molecule has 0 aliphatic rings. The van der Waals surface area contributed by atoms with E-state index in [2.05, 4.69) is 35.3 Å². The van der Waals surface area contributed by atoms with Crippen molar-refractivity contribution >= 4 is 11.3 Å². The van der Waals surface area contributed by atoms with Gasteiger partial charge in [-0.25, -0.2) is 0 Å². The molecule has 0 spiro atoms. The Hall–Kier alpha value is -1.35. The molecule has 0 amide bonds. The van der Waals surface area contributed by atoms with E-state index in [1.165, 1.54) is 10.6 Å². The first-order chi connectivity index (χ1) is 6.81. The van der Waals surface area contributed by atoms with Crippen molar-refractivity contribution in [3.63, 3.8) is 0 Å². The van der Waals surface area contributed by atoms with E-state index in [1.807, 2.05) is 12.1 Å². The maximum atomic E-state index is 5.11. The van der Waals surface area contributed by atoms with Crippen molar-refractivity contribution in [1.29, 1.82) is 0 Å². The van der Waals surface area contributed by atoms with Crippen molar-refractivity contribution in [1.82, 2.24) is 0 Å². The zero-order chi connectivity index (χ0) is 9.97. The predicted octanol–water partition coefficient (Wildman–Crippen LogP) is 2.25. The fourth-order valence-corrected chi connectivity index (χ4v) is 2.21. The van der Waals surface area contributed by atoms with Gasteiger partial charge in [0, 0.05) is 0 Å². The van der Waals surface area contributed by atoms with E-state index in [1.54, 1.807) is 18.4 Å². The lowest BCUT2D eigenvalue weighted by Gasteiger charge is -1.99. The molecule has 2 rings (SSSR count). The quantitative estimate of drug-likeness (QED) is 0.687. The van der Waals surface area contributed by atoms with Crippen LogP contribution in [0.3, 0.4) is 0 Å². The third-order valence-electron chi connectivity index (χ3n) is 2.12. The molecule has 2 nitrogen and oxygen atoms in total. The molecule has 2 aromatic rings. The number of aryl methyl sites for hydroxylation is 1. The van der Waals surface area contributed by atoms with Gasteiger partial charge in [-0.2, -0.15) is 4.57 Å². The Bertz CT molecular complexity index is 419. The normalized spacial score (nSPS) is 10.1. The van der Waals surface area contributed by atoms with Gasteiger partial charge >= 0.3 is 0 Å². The fourth-order valence-electron chi connectivity index (χ4n) is 1.34. The molecule has 72 valence electrons. The number of aromatic nitrogens is 1. The Morgan fingerprint density at radius 3 is 2.43 bits per heavy atom. The number of rotatable bonds is 2. The highest BCUT2D eigenvalue weighted by molar-refractivity contribution is 7.12. The van der Waals surface area contributed by atoms with Gasteiger partial charge in [0.2, 0.25) is 0 Å². The maximum absolute atomic E-state index is 5.11. The van der Waals surface area contributed by atoms with Crippen molar-refractivity contribution < 1.29 is 9.30 Å². The summed E-state index contributed by atoms with van der Waals surface area (Å²) in [5, 5.41) is 3.34. The summed E-state index contributed by atoms with van der Waals surface area (Å²) in [5.41, 5.74) is 1.23. The van der Waals surface area contributed by atoms with Crippen LogP contribution >= 0.6 is 11.3 Å². The average molecular weight is 206 g/mol. The number of ether oxygens (including phenoxy) is 1. The van der Waals surface area contributed by atoms with Crippen molar-refractivity contribution in [2.75, 3.05) is 7.11 Å². The largest absolute Gasteiger partial charge is 0.497 e. The monoisotopic (exact) mass is 206 g/mol. The second-order valence-electron chi connectivity index (χ2n) is 3.05. The molecular weight excluding hydrogens is 194 g/mol. The van der Waals surface area contributed by atoms with Crippen LogP contribution in [0.4, 0.5) is 0 Å². The lowest BCUT2D eigenvalue weighted by Crippen LogP contribution is -2.26. The lowest BCUT2D eigenvalue weighted by atomic mass is 10.2. The van der Waals surface area contributed by atoms with Crippen LogP contribution in [0.2, 0.25) is 0 Å². The molecule has 0 aliphatic carbocycles. The van der Waals surface area contributed by atoms with E-state index in [9.17, 15) is 0 Å². The summed E-state index contributed by atoms with van der Waals surface area (Å²) in [6, 6.07) is 8.11. The minimum atomic E-state index is 0.896. The summed E-state index contributed by atoms with van der Waals surface area (Å²) in [6.45, 7) is 0. The number of benzene rings is 1. The van der Waals surface area contributed by atoms with Crippen molar-refractivity contribution in [3.05, 3.63) is 35.8 Å². The number of hydrogen-bond donors (Lipinski definition) is 0. The number of nitrogens with zero attached hydrogens (tertiary/aromatic N) is 1. The summed E-state index contributed by atoms with van der Waals surface area (Å²) < 4.78 is 7.23. The van der Waals surface area contributed by atoms with E-state index in [-0.39, 0.29) is 0 Å². The number of thiazole rings is 1. The van der Waals surface area contributed by atoms with Crippen LogP contribution in [0.5, 0.6) is 5.75 Å². The molecule has 1 aromatic carbocycles. The minimum absolute atomic E-state index is 0.896. The predicted molar refractivity (Wildman–Crippen MR) is 57.5 cm³/mol. The molecule has 0 saturated heterocycles. The number of hydrogen-bond acceptors (Lipinski definition) is 2. The van der Waals surface area contributed by atoms with Crippen LogP contribution < -0.4 is 9.30 Å². The van der Waals surface area contributed by atoms with Crippen LogP contribution in [0, 0.1) is 0 Å². The Balaban J connectivity index is 2.39. The fraction of sp³-hybridized carbons (Fsp3) is 0.182. The third kappa shape index (κ3) is 1.63. The van der Waals surface area contributed by atoms with E-state index in [0.717, 1.165) is 5.75 Å². The van der Waals surface area contributed by atoms with E-state index >= 15 is 0 Å². The van der Waals surface area contributed by atoms with Gasteiger partial charge in [-0.1, -0.05) is 11.3 Å². The van der Waals surface area contributed by atoms with Gasteiger partial charge in [-0.15, -0.1) is 0 Å². The molecule has 0 fully saturated rings. The Morgan fingerprint density at radius 1 is 1.21 bits per heavy atom. The van der Waals surface area contributed by atoms with Crippen LogP contribution in [0.25, 0.3) is 10.6 Å². The molecule has 14 heavy (non-hydrogen) atoms. The number of methoxy groups -OCH3 is 1. The molecular formula is C11H12NOS+. The average Bonchev–Trinajstić information content (AvgIpc) is 2.65. The van der Waals surface area contributed by atoms with Crippen molar-refractivity contribution in [2.45, 2.75) is 0 Å². The maximum Gasteiger partial charge on any atom is 0.268 e. The molecule has 0 radical (unpaired) electrons. The second kappa shape index (κ2) is 3.80. The highest BCUT2D eigenvalue weighted by Gasteiger charge is 2.10. The smallest absolute Gasteiger partial charge is 0.268 e. The molecule has 1 aromatic heterocycles. The first-order valence-corrected chi connectivity index (χ1v) is 5.27. The second-order valence-corrected chi connectivity index (χ2v) is 3.94. The summed E-state index contributed by atoms with van der Waals surface area (Å²) in [6.07, 6.45) is 2.06. The van der Waals surface area contributed by atoms with Crippen LogP contribution in [0.15, 0.2) is 35.8 Å². The van der Waals surface area contributed by atoms with Gasteiger partial charge < -0.3 is 4.74 Å². The van der Waals surface area contributed by atoms with Gasteiger partial charge in [0.05, 0.1) is 18.1 Å². The van der Waals surface area contributed by atoms with Gasteiger partial charge in [-0.3, -0.25) is 0 Å². The first kappa shape index (κ1) is 9.21. The van der Waals surface area contributed by atoms with Gasteiger partial charge in [0.25, 0.3) is 5.01 Å². The van der Waals surface area contributed by atoms with Gasteiger partial charge in [0.1, 0.15) is 12.8 Å². The topological polar surface area (TPSA) is 13.1 Å². The third-order valence-corrected chi connectivity index (χ3v) is 3.13. The van der Waals surface area contributed by atoms with E-state index < -0.39 is 0 Å². The van der Waals surface area contributed by atoms with Crippen molar-refractivity contribution in [3.8, 4) is 16.3 Å². The zero-order valence-corrected chi connectivity index (χ0v) is 9.04. The molecule has 0 saturated carbocycles. The van der Waals surface area contributed by atoms with Crippen molar-refractivity contribution in [2.24, 2.45) is 7.05 Å². The highest BCUT2D eigenvalue weighted by atomic mass is 32.1. The van der Waals surface area contributed by atoms with E-state index in [4.69, 9.17) is 4.74 Å². The summed E-state index contributed by atoms with van der Waals surface area (Å²) >= 11 is 1.74. The van der Waals surface area contributed by atoms with Gasteiger partial charge in [-0.05, 0) is 24.3 Å². The lowest BCUT2D eigenvalue weighted by molar-refractivity contribution is -0.655. The van der Waals surface area contributed by atoms with Gasteiger partial charge in [0.15, 0.2) is 6.20 Å². The van der Waals surface area contributed by atoms with Crippen LogP contribution in [-0.2, 0) is 7.05 Å². The Labute approximate surface area is 87.4 Å².